The molecule has 4 aromatic carbocycles. The van der Waals surface area contributed by atoms with Crippen LogP contribution >= 0.6 is 0 Å². The number of nitrogens with two attached hydrogens (primary N) is 1. The first-order chi connectivity index (χ1) is 20.3. The standard InChI is InChI=1S/C21H21N3O4.C13H13N/c1-24-17-11-18(26)15(21(27)28)10-14(17)19(16(22)12-23-8-5-9-25)20(24)13-6-3-2-4-7-13;1-14-13-9-7-12(8-10-13)11-5-3-2-4-6-11/h2-4,6-7,9-12,23,26H,5,8,22H2,1H3,(H,27,28);2-10,14H,1H3/b16-12-;. The van der Waals surface area contributed by atoms with Gasteiger partial charge in [-0.25, -0.2) is 4.79 Å². The van der Waals surface area contributed by atoms with E-state index in [-0.39, 0.29) is 11.3 Å². The van der Waals surface area contributed by atoms with Gasteiger partial charge in [0.25, 0.3) is 0 Å². The van der Waals surface area contributed by atoms with Gasteiger partial charge in [-0.05, 0) is 34.9 Å². The lowest BCUT2D eigenvalue weighted by Gasteiger charge is -2.09. The average molecular weight is 563 g/mol. The van der Waals surface area contributed by atoms with Crippen molar-refractivity contribution in [3.8, 4) is 28.1 Å². The molecule has 6 N–H and O–H groups in total. The number of carbonyl (C=O) groups excluding carboxylic acids is 1. The van der Waals surface area contributed by atoms with E-state index in [0.717, 1.165) is 23.2 Å². The van der Waals surface area contributed by atoms with Crippen molar-refractivity contribution in [2.24, 2.45) is 12.8 Å². The third-order valence-electron chi connectivity index (χ3n) is 6.83. The molecule has 0 spiro atoms. The van der Waals surface area contributed by atoms with Gasteiger partial charge in [0, 0.05) is 56.0 Å². The molecule has 0 fully saturated rings. The first kappa shape index (κ1) is 29.5. The molecule has 0 radical (unpaired) electrons. The highest BCUT2D eigenvalue weighted by atomic mass is 16.4. The number of hydrogen-bond acceptors (Lipinski definition) is 6. The topological polar surface area (TPSA) is 130 Å². The number of hydrogen-bond donors (Lipinski definition) is 5. The van der Waals surface area contributed by atoms with E-state index in [1.165, 1.54) is 23.3 Å². The van der Waals surface area contributed by atoms with Crippen LogP contribution in [0.1, 0.15) is 22.3 Å². The van der Waals surface area contributed by atoms with Crippen molar-refractivity contribution >= 4 is 34.5 Å². The molecule has 214 valence electrons. The Kier molecular flexibility index (Phi) is 9.63. The molecule has 0 aliphatic carbocycles. The number of nitrogens with zero attached hydrogens (tertiary/aromatic N) is 1. The zero-order valence-corrected chi connectivity index (χ0v) is 23.5. The van der Waals surface area contributed by atoms with Gasteiger partial charge in [0.15, 0.2) is 0 Å². The van der Waals surface area contributed by atoms with E-state index in [0.29, 0.717) is 35.1 Å². The van der Waals surface area contributed by atoms with Gasteiger partial charge in [-0.2, -0.15) is 0 Å². The molecule has 0 unspecified atom stereocenters. The Morgan fingerprint density at radius 1 is 0.905 bits per heavy atom. The van der Waals surface area contributed by atoms with Crippen molar-refractivity contribution in [1.29, 1.82) is 0 Å². The highest BCUT2D eigenvalue weighted by molar-refractivity contribution is 6.05. The molecule has 1 aromatic heterocycles. The molecule has 1 heterocycles. The van der Waals surface area contributed by atoms with Gasteiger partial charge < -0.3 is 35.9 Å². The van der Waals surface area contributed by atoms with Crippen LogP contribution in [0.25, 0.3) is 39.0 Å². The van der Waals surface area contributed by atoms with E-state index in [4.69, 9.17) is 5.73 Å². The maximum absolute atomic E-state index is 11.5. The van der Waals surface area contributed by atoms with Gasteiger partial charge in [0.1, 0.15) is 17.6 Å². The summed E-state index contributed by atoms with van der Waals surface area (Å²) in [5.74, 6) is -1.53. The fourth-order valence-corrected chi connectivity index (χ4v) is 4.72. The minimum atomic E-state index is -1.22. The number of aryl methyl sites for hydroxylation is 1. The van der Waals surface area contributed by atoms with E-state index in [9.17, 15) is 19.8 Å². The number of carboxylic acid groups (broad SMARTS) is 1. The van der Waals surface area contributed by atoms with Crippen LogP contribution in [0.3, 0.4) is 0 Å². The number of phenols is 1. The maximum atomic E-state index is 11.5. The normalized spacial score (nSPS) is 11.0. The molecule has 0 aliphatic rings. The lowest BCUT2D eigenvalue weighted by Crippen LogP contribution is -2.11. The number of carboxylic acids is 1. The fraction of sp³-hybridized carbons (Fsp3) is 0.118. The van der Waals surface area contributed by atoms with Gasteiger partial charge in [-0.1, -0.05) is 72.8 Å². The van der Waals surface area contributed by atoms with Crippen LogP contribution in [0.4, 0.5) is 5.69 Å². The summed E-state index contributed by atoms with van der Waals surface area (Å²) in [4.78, 5) is 22.0. The van der Waals surface area contributed by atoms with Crippen molar-refractivity contribution in [3.05, 3.63) is 114 Å². The van der Waals surface area contributed by atoms with Crippen LogP contribution in [-0.2, 0) is 11.8 Å². The minimum Gasteiger partial charge on any atom is -0.507 e. The molecule has 0 atom stereocenters. The number of carbonyl (C=O) groups is 2. The molecule has 0 amide bonds. The summed E-state index contributed by atoms with van der Waals surface area (Å²) < 4.78 is 1.87. The van der Waals surface area contributed by atoms with Crippen LogP contribution in [0.5, 0.6) is 5.75 Å². The number of aromatic carboxylic acids is 1. The largest absolute Gasteiger partial charge is 0.507 e. The molecule has 42 heavy (non-hydrogen) atoms. The molecular formula is C34H34N4O4. The van der Waals surface area contributed by atoms with Crippen molar-refractivity contribution in [3.63, 3.8) is 0 Å². The lowest BCUT2D eigenvalue weighted by atomic mass is 10.0. The Morgan fingerprint density at radius 3 is 2.07 bits per heavy atom. The Labute approximate surface area is 244 Å². The monoisotopic (exact) mass is 562 g/mol. The van der Waals surface area contributed by atoms with E-state index >= 15 is 0 Å². The van der Waals surface area contributed by atoms with E-state index < -0.39 is 5.97 Å². The van der Waals surface area contributed by atoms with Crippen molar-refractivity contribution in [1.82, 2.24) is 9.88 Å². The van der Waals surface area contributed by atoms with Gasteiger partial charge in [-0.3, -0.25) is 0 Å². The number of aromatic nitrogens is 1. The maximum Gasteiger partial charge on any atom is 0.339 e. The average Bonchev–Trinajstić information content (AvgIpc) is 3.31. The molecule has 0 saturated heterocycles. The second kappa shape index (κ2) is 13.7. The third-order valence-corrected chi connectivity index (χ3v) is 6.83. The predicted octanol–water partition coefficient (Wildman–Crippen LogP) is 6.08. The zero-order valence-electron chi connectivity index (χ0n) is 23.5. The quantitative estimate of drug-likeness (QED) is 0.109. The van der Waals surface area contributed by atoms with Crippen molar-refractivity contribution in [2.75, 3.05) is 18.9 Å². The van der Waals surface area contributed by atoms with Gasteiger partial charge in [0.05, 0.1) is 16.9 Å². The predicted molar refractivity (Wildman–Crippen MR) is 169 cm³/mol. The number of aromatic hydroxyl groups is 1. The highest BCUT2D eigenvalue weighted by Gasteiger charge is 2.22. The summed E-state index contributed by atoms with van der Waals surface area (Å²) in [6, 6.07) is 31.2. The number of fused-ring (bicyclic) bond motifs is 1. The summed E-state index contributed by atoms with van der Waals surface area (Å²) in [6.45, 7) is 0.441. The number of anilines is 1. The molecule has 0 bridgehead atoms. The van der Waals surface area contributed by atoms with E-state index in [1.807, 2.05) is 55.1 Å². The molecule has 0 saturated carbocycles. The third kappa shape index (κ3) is 6.62. The summed E-state index contributed by atoms with van der Waals surface area (Å²) in [7, 11) is 3.76. The summed E-state index contributed by atoms with van der Waals surface area (Å²) >= 11 is 0. The van der Waals surface area contributed by atoms with E-state index in [2.05, 4.69) is 59.2 Å². The van der Waals surface area contributed by atoms with Crippen molar-refractivity contribution in [2.45, 2.75) is 6.42 Å². The molecule has 8 heteroatoms. The number of rotatable bonds is 9. The Balaban J connectivity index is 0.000000241. The second-order valence-corrected chi connectivity index (χ2v) is 9.54. The molecule has 8 nitrogen and oxygen atoms in total. The molecule has 0 aliphatic heterocycles. The second-order valence-electron chi connectivity index (χ2n) is 9.54. The molecular weight excluding hydrogens is 528 g/mol. The molecule has 5 rings (SSSR count). The molecule has 5 aromatic rings. The van der Waals surface area contributed by atoms with Crippen LogP contribution in [-0.4, -0.2) is 40.6 Å². The SMILES string of the molecule is CNc1ccc(-c2ccccc2)cc1.Cn1c(-c2ccccc2)c(/C(N)=C/NCCC=O)c2cc(C(=O)O)c(O)cc21. The van der Waals surface area contributed by atoms with Crippen LogP contribution < -0.4 is 16.4 Å². The summed E-state index contributed by atoms with van der Waals surface area (Å²) in [5, 5.41) is 26.2. The van der Waals surface area contributed by atoms with E-state index in [1.54, 1.807) is 6.20 Å². The fourth-order valence-electron chi connectivity index (χ4n) is 4.72. The Hall–Kier alpha value is -5.50. The number of benzene rings is 4. The Morgan fingerprint density at radius 2 is 1.50 bits per heavy atom. The van der Waals surface area contributed by atoms with Crippen LogP contribution in [0.2, 0.25) is 0 Å². The lowest BCUT2D eigenvalue weighted by molar-refractivity contribution is -0.107. The first-order valence-corrected chi connectivity index (χ1v) is 13.5. The van der Waals surface area contributed by atoms with Gasteiger partial charge in [0.2, 0.25) is 0 Å². The summed E-state index contributed by atoms with van der Waals surface area (Å²) in [6.07, 6.45) is 2.77. The number of aldehydes is 1. The van der Waals surface area contributed by atoms with Crippen molar-refractivity contribution < 1.29 is 19.8 Å². The van der Waals surface area contributed by atoms with Crippen LogP contribution in [0.15, 0.2) is 103 Å². The smallest absolute Gasteiger partial charge is 0.339 e. The zero-order chi connectivity index (χ0) is 30.1. The summed E-state index contributed by atoms with van der Waals surface area (Å²) in [5.41, 5.74) is 13.2. The Bertz CT molecular complexity index is 1690. The highest BCUT2D eigenvalue weighted by Crippen LogP contribution is 2.38. The minimum absolute atomic E-state index is 0.194. The van der Waals surface area contributed by atoms with Crippen LogP contribution in [0, 0.1) is 0 Å². The first-order valence-electron chi connectivity index (χ1n) is 13.5. The van der Waals surface area contributed by atoms with Gasteiger partial charge in [-0.15, -0.1) is 0 Å². The van der Waals surface area contributed by atoms with Gasteiger partial charge >= 0.3 is 5.97 Å². The number of nitrogens with one attached hydrogen (secondary N) is 2.